The first kappa shape index (κ1) is 13.4. The van der Waals surface area contributed by atoms with E-state index in [1.807, 2.05) is 0 Å². The minimum atomic E-state index is -3.57. The first-order chi connectivity index (χ1) is 8.05. The summed E-state index contributed by atoms with van der Waals surface area (Å²) < 4.78 is 28.2. The highest BCUT2D eigenvalue weighted by Crippen LogP contribution is 2.29. The predicted octanol–water partition coefficient (Wildman–Crippen LogP) is 0.428. The van der Waals surface area contributed by atoms with Crippen molar-refractivity contribution in [2.45, 2.75) is 4.90 Å². The molecule has 0 bridgehead atoms. The van der Waals surface area contributed by atoms with Gasteiger partial charge in [0.05, 0.1) is 24.4 Å². The van der Waals surface area contributed by atoms with Gasteiger partial charge in [-0.1, -0.05) is 0 Å². The molecule has 0 radical (unpaired) electrons. The molecule has 0 aliphatic heterocycles. The number of hydrogen-bond acceptors (Lipinski definition) is 6. The molecule has 0 atom stereocenters. The Balaban J connectivity index is 3.30. The molecular weight excluding hydrogens is 246 g/mol. The molecule has 0 saturated carbocycles. The molecule has 92 valence electrons. The minimum Gasteiger partial charge on any atom is -0.494 e. The lowest BCUT2D eigenvalue weighted by molar-refractivity contribution is 0.319. The molecule has 1 aromatic carbocycles. The highest BCUT2D eigenvalue weighted by molar-refractivity contribution is 7.91. The lowest BCUT2D eigenvalue weighted by atomic mass is 10.3. The Labute approximate surface area is 98.5 Å². The topological polar surface area (TPSA) is 93.0 Å². The maximum atomic E-state index is 11.6. The fraction of sp³-hybridized carbons (Fsp3) is 0.300. The van der Waals surface area contributed by atoms with Crippen molar-refractivity contribution >= 4 is 21.6 Å². The van der Waals surface area contributed by atoms with Gasteiger partial charge in [0.15, 0.2) is 9.84 Å². The van der Waals surface area contributed by atoms with Crippen molar-refractivity contribution in [1.29, 1.82) is 0 Å². The SMILES string of the molecule is COc1ccc(S(=O)(=O)CCO)cc1N=C=O. The number of aliphatic imine (C=N–C) groups is 1. The van der Waals surface area contributed by atoms with Gasteiger partial charge in [-0.25, -0.2) is 13.2 Å². The van der Waals surface area contributed by atoms with Gasteiger partial charge in [0.1, 0.15) is 11.4 Å². The lowest BCUT2D eigenvalue weighted by Gasteiger charge is -2.06. The van der Waals surface area contributed by atoms with E-state index in [-0.39, 0.29) is 22.1 Å². The van der Waals surface area contributed by atoms with Crippen LogP contribution in [0, 0.1) is 0 Å². The second kappa shape index (κ2) is 5.58. The van der Waals surface area contributed by atoms with Crippen molar-refractivity contribution < 1.29 is 23.1 Å². The maximum absolute atomic E-state index is 11.6. The average molecular weight is 257 g/mol. The summed E-state index contributed by atoms with van der Waals surface area (Å²) in [6, 6.07) is 3.92. The van der Waals surface area contributed by atoms with Crippen LogP contribution < -0.4 is 4.74 Å². The molecule has 1 N–H and O–H groups in total. The number of methoxy groups -OCH3 is 1. The van der Waals surface area contributed by atoms with Crippen molar-refractivity contribution in [2.24, 2.45) is 4.99 Å². The van der Waals surface area contributed by atoms with Crippen LogP contribution in [0.15, 0.2) is 28.1 Å². The molecule has 0 aliphatic carbocycles. The van der Waals surface area contributed by atoms with Crippen LogP contribution in [0.1, 0.15) is 0 Å². The molecule has 0 spiro atoms. The van der Waals surface area contributed by atoms with Gasteiger partial charge in [-0.3, -0.25) is 0 Å². The van der Waals surface area contributed by atoms with Crippen LogP contribution in [0.3, 0.4) is 0 Å². The number of hydrogen-bond donors (Lipinski definition) is 1. The number of ether oxygens (including phenoxy) is 1. The quantitative estimate of drug-likeness (QED) is 0.609. The Bertz CT molecular complexity index is 546. The molecule has 1 rings (SSSR count). The van der Waals surface area contributed by atoms with Gasteiger partial charge in [-0.05, 0) is 18.2 Å². The van der Waals surface area contributed by atoms with Gasteiger partial charge in [0.2, 0.25) is 6.08 Å². The normalized spacial score (nSPS) is 10.7. The first-order valence-electron chi connectivity index (χ1n) is 4.64. The number of aliphatic hydroxyl groups excluding tert-OH is 1. The third kappa shape index (κ3) is 3.13. The van der Waals surface area contributed by atoms with Crippen LogP contribution in [0.4, 0.5) is 5.69 Å². The fourth-order valence-corrected chi connectivity index (χ4v) is 2.28. The Morgan fingerprint density at radius 2 is 2.18 bits per heavy atom. The van der Waals surface area contributed by atoms with E-state index in [9.17, 15) is 13.2 Å². The second-order valence-electron chi connectivity index (χ2n) is 3.08. The number of rotatable bonds is 5. The summed E-state index contributed by atoms with van der Waals surface area (Å²) in [7, 11) is -2.20. The van der Waals surface area contributed by atoms with Gasteiger partial charge < -0.3 is 9.84 Å². The van der Waals surface area contributed by atoms with E-state index in [4.69, 9.17) is 9.84 Å². The molecule has 0 saturated heterocycles. The Kier molecular flexibility index (Phi) is 4.39. The Hall–Kier alpha value is -1.69. The number of isocyanates is 1. The van der Waals surface area contributed by atoms with Crippen LogP contribution in [0.5, 0.6) is 5.75 Å². The number of sulfone groups is 1. The van der Waals surface area contributed by atoms with Crippen molar-refractivity contribution in [3.05, 3.63) is 18.2 Å². The number of benzene rings is 1. The summed E-state index contributed by atoms with van der Waals surface area (Å²) in [5.41, 5.74) is 0.0847. The molecule has 17 heavy (non-hydrogen) atoms. The van der Waals surface area contributed by atoms with Gasteiger partial charge in [0, 0.05) is 0 Å². The average Bonchev–Trinajstić information content (AvgIpc) is 2.29. The lowest BCUT2D eigenvalue weighted by Crippen LogP contribution is -2.09. The van der Waals surface area contributed by atoms with Crippen molar-refractivity contribution in [3.8, 4) is 5.75 Å². The Morgan fingerprint density at radius 1 is 1.47 bits per heavy atom. The van der Waals surface area contributed by atoms with Crippen molar-refractivity contribution in [3.63, 3.8) is 0 Å². The van der Waals surface area contributed by atoms with Gasteiger partial charge in [-0.2, -0.15) is 4.99 Å². The zero-order valence-corrected chi connectivity index (χ0v) is 9.90. The molecule has 0 aromatic heterocycles. The van der Waals surface area contributed by atoms with E-state index in [1.54, 1.807) is 0 Å². The van der Waals surface area contributed by atoms with Crippen molar-refractivity contribution in [1.82, 2.24) is 0 Å². The summed E-state index contributed by atoms with van der Waals surface area (Å²) in [4.78, 5) is 13.5. The minimum absolute atomic E-state index is 0.0265. The van der Waals surface area contributed by atoms with E-state index in [0.717, 1.165) is 0 Å². The van der Waals surface area contributed by atoms with Gasteiger partial charge in [-0.15, -0.1) is 0 Å². The summed E-state index contributed by atoms with van der Waals surface area (Å²) in [6.07, 6.45) is 1.32. The molecule has 0 fully saturated rings. The van der Waals surface area contributed by atoms with Crippen LogP contribution in [-0.4, -0.2) is 39.1 Å². The zero-order chi connectivity index (χ0) is 12.9. The van der Waals surface area contributed by atoms with E-state index in [0.29, 0.717) is 0 Å². The predicted molar refractivity (Wildman–Crippen MR) is 59.9 cm³/mol. The van der Waals surface area contributed by atoms with E-state index < -0.39 is 16.4 Å². The fourth-order valence-electron chi connectivity index (χ4n) is 1.24. The largest absolute Gasteiger partial charge is 0.494 e. The third-order valence-corrected chi connectivity index (χ3v) is 3.73. The highest BCUT2D eigenvalue weighted by atomic mass is 32.2. The van der Waals surface area contributed by atoms with Crippen LogP contribution >= 0.6 is 0 Å². The standard InChI is InChI=1S/C10H11NO5S/c1-16-10-3-2-8(6-9(10)11-7-13)17(14,15)5-4-12/h2-3,6,12H,4-5H2,1H3. The molecule has 1 aromatic rings. The number of aliphatic hydroxyl groups is 1. The molecule has 0 aliphatic rings. The van der Waals surface area contributed by atoms with E-state index in [2.05, 4.69) is 4.99 Å². The molecule has 0 amide bonds. The van der Waals surface area contributed by atoms with Crippen LogP contribution in [0.25, 0.3) is 0 Å². The number of carbonyl (C=O) groups excluding carboxylic acids is 1. The van der Waals surface area contributed by atoms with Gasteiger partial charge >= 0.3 is 0 Å². The molecule has 0 heterocycles. The van der Waals surface area contributed by atoms with Crippen LogP contribution in [0.2, 0.25) is 0 Å². The van der Waals surface area contributed by atoms with Crippen LogP contribution in [-0.2, 0) is 14.6 Å². The maximum Gasteiger partial charge on any atom is 0.240 e. The van der Waals surface area contributed by atoms with Gasteiger partial charge in [0.25, 0.3) is 0 Å². The first-order valence-corrected chi connectivity index (χ1v) is 6.30. The second-order valence-corrected chi connectivity index (χ2v) is 5.19. The smallest absolute Gasteiger partial charge is 0.240 e. The number of nitrogens with zero attached hydrogens (tertiary/aromatic N) is 1. The Morgan fingerprint density at radius 3 is 2.71 bits per heavy atom. The molecule has 0 unspecified atom stereocenters. The molecule has 6 nitrogen and oxygen atoms in total. The summed E-state index contributed by atoms with van der Waals surface area (Å²) >= 11 is 0. The van der Waals surface area contributed by atoms with E-state index in [1.165, 1.54) is 31.4 Å². The third-order valence-electron chi connectivity index (χ3n) is 2.04. The monoisotopic (exact) mass is 257 g/mol. The van der Waals surface area contributed by atoms with Crippen molar-refractivity contribution in [2.75, 3.05) is 19.5 Å². The van der Waals surface area contributed by atoms with E-state index >= 15 is 0 Å². The zero-order valence-electron chi connectivity index (χ0n) is 9.08. The summed E-state index contributed by atoms with van der Waals surface area (Å²) in [5.74, 6) is -0.111. The summed E-state index contributed by atoms with van der Waals surface area (Å²) in [5, 5.41) is 8.65. The molecular formula is C10H11NO5S. The highest BCUT2D eigenvalue weighted by Gasteiger charge is 2.15. The summed E-state index contributed by atoms with van der Waals surface area (Å²) in [6.45, 7) is -0.472. The molecule has 7 heteroatoms.